The first-order valence-corrected chi connectivity index (χ1v) is 11.3. The molecular formula is C23H23ClFN5O5. The van der Waals surface area contributed by atoms with E-state index in [-0.39, 0.29) is 34.9 Å². The zero-order valence-corrected chi connectivity index (χ0v) is 19.8. The Kier molecular flexibility index (Phi) is 7.45. The van der Waals surface area contributed by atoms with Crippen molar-refractivity contribution >= 4 is 40.9 Å². The molecule has 0 aliphatic heterocycles. The predicted octanol–water partition coefficient (Wildman–Crippen LogP) is 4.67. The number of aromatic nitrogens is 3. The zero-order chi connectivity index (χ0) is 24.9. The van der Waals surface area contributed by atoms with Crippen molar-refractivity contribution in [3.05, 3.63) is 52.8 Å². The molecule has 2 N–H and O–H groups in total. The molecule has 35 heavy (non-hydrogen) atoms. The zero-order valence-electron chi connectivity index (χ0n) is 19.0. The maximum atomic E-state index is 13.3. The largest absolute Gasteiger partial charge is 0.474 e. The van der Waals surface area contributed by atoms with Gasteiger partial charge in [-0.15, -0.1) is 5.10 Å². The Morgan fingerprint density at radius 2 is 1.94 bits per heavy atom. The number of halogens is 2. The molecule has 3 aromatic rings. The molecule has 2 heterocycles. The van der Waals surface area contributed by atoms with Gasteiger partial charge in [-0.25, -0.2) is 9.37 Å². The van der Waals surface area contributed by atoms with Crippen LogP contribution < -0.4 is 15.4 Å². The number of ether oxygens (including phenoxy) is 2. The van der Waals surface area contributed by atoms with E-state index < -0.39 is 11.7 Å². The number of anilines is 3. The third-order valence-electron chi connectivity index (χ3n) is 5.62. The SMILES string of the molecule is COC(=O)C1CCC(Oc2cc(C)c(NC(=O)c3nnc(Nc4ccc(F)c(Cl)c4)o3)cn2)CC1. The number of benzene rings is 1. The van der Waals surface area contributed by atoms with Crippen LogP contribution in [0.5, 0.6) is 5.88 Å². The summed E-state index contributed by atoms with van der Waals surface area (Å²) in [5.41, 5.74) is 1.60. The van der Waals surface area contributed by atoms with Crippen LogP contribution in [0.2, 0.25) is 5.02 Å². The van der Waals surface area contributed by atoms with Gasteiger partial charge in [-0.05, 0) is 56.4 Å². The Hall–Kier alpha value is -3.73. The molecule has 1 fully saturated rings. The quantitative estimate of drug-likeness (QED) is 0.442. The number of methoxy groups -OCH3 is 1. The Bertz CT molecular complexity index is 1230. The third-order valence-corrected chi connectivity index (χ3v) is 5.91. The number of nitrogens with one attached hydrogen (secondary N) is 2. The lowest BCUT2D eigenvalue weighted by Gasteiger charge is -2.27. The van der Waals surface area contributed by atoms with Crippen LogP contribution in [0.25, 0.3) is 0 Å². The molecule has 0 atom stereocenters. The Morgan fingerprint density at radius 3 is 2.63 bits per heavy atom. The van der Waals surface area contributed by atoms with Gasteiger partial charge in [0.2, 0.25) is 5.88 Å². The predicted molar refractivity (Wildman–Crippen MR) is 124 cm³/mol. The number of rotatable bonds is 7. The molecule has 0 bridgehead atoms. The molecule has 12 heteroatoms. The number of esters is 1. The lowest BCUT2D eigenvalue weighted by atomic mass is 9.87. The summed E-state index contributed by atoms with van der Waals surface area (Å²) < 4.78 is 29.4. The molecule has 2 aromatic heterocycles. The number of aryl methyl sites for hydroxylation is 1. The minimum Gasteiger partial charge on any atom is -0.474 e. The highest BCUT2D eigenvalue weighted by atomic mass is 35.5. The van der Waals surface area contributed by atoms with Crippen LogP contribution in [-0.2, 0) is 9.53 Å². The smallest absolute Gasteiger partial charge is 0.320 e. The first-order chi connectivity index (χ1) is 16.8. The number of carbonyl (C=O) groups excluding carboxylic acids is 2. The maximum Gasteiger partial charge on any atom is 0.320 e. The molecule has 184 valence electrons. The van der Waals surface area contributed by atoms with Crippen molar-refractivity contribution < 1.29 is 27.9 Å². The summed E-state index contributed by atoms with van der Waals surface area (Å²) in [6, 6.07) is 5.64. The molecular weight excluding hydrogens is 481 g/mol. The van der Waals surface area contributed by atoms with E-state index in [9.17, 15) is 14.0 Å². The third kappa shape index (κ3) is 6.04. The minimum absolute atomic E-state index is 0.0384. The average molecular weight is 504 g/mol. The number of pyridine rings is 1. The van der Waals surface area contributed by atoms with E-state index in [1.165, 1.54) is 31.5 Å². The first-order valence-electron chi connectivity index (χ1n) is 10.9. The molecule has 0 unspecified atom stereocenters. The van der Waals surface area contributed by atoms with Crippen LogP contribution in [0.1, 0.15) is 41.9 Å². The summed E-state index contributed by atoms with van der Waals surface area (Å²) in [6.07, 6.45) is 4.33. The van der Waals surface area contributed by atoms with E-state index in [2.05, 4.69) is 25.8 Å². The summed E-state index contributed by atoms with van der Waals surface area (Å²) in [5, 5.41) is 12.8. The number of amides is 1. The van der Waals surface area contributed by atoms with Gasteiger partial charge in [-0.3, -0.25) is 9.59 Å². The summed E-state index contributed by atoms with van der Waals surface area (Å²) in [7, 11) is 1.40. The number of nitrogens with zero attached hydrogens (tertiary/aromatic N) is 3. The molecule has 1 aromatic carbocycles. The fourth-order valence-corrected chi connectivity index (χ4v) is 3.90. The highest BCUT2D eigenvalue weighted by Crippen LogP contribution is 2.29. The standard InChI is InChI=1S/C23H23ClFN5O5/c1-12-9-19(34-15-6-3-13(4-7-15)22(32)33-2)26-11-18(12)28-20(31)21-29-30-23(35-21)27-14-5-8-17(25)16(24)10-14/h5,8-11,13,15H,3-4,6-7H2,1-2H3,(H,27,30)(H,28,31). The highest BCUT2D eigenvalue weighted by Gasteiger charge is 2.28. The molecule has 10 nitrogen and oxygen atoms in total. The fourth-order valence-electron chi connectivity index (χ4n) is 3.72. The van der Waals surface area contributed by atoms with Gasteiger partial charge in [0.1, 0.15) is 11.9 Å². The molecule has 0 saturated heterocycles. The summed E-state index contributed by atoms with van der Waals surface area (Å²) in [5.74, 6) is -1.29. The van der Waals surface area contributed by atoms with E-state index in [1.807, 2.05) is 0 Å². The van der Waals surface area contributed by atoms with Crippen molar-refractivity contribution in [1.29, 1.82) is 0 Å². The van der Waals surface area contributed by atoms with Crippen LogP contribution in [0, 0.1) is 18.7 Å². The second-order valence-electron chi connectivity index (χ2n) is 8.07. The van der Waals surface area contributed by atoms with Crippen LogP contribution >= 0.6 is 11.6 Å². The summed E-state index contributed by atoms with van der Waals surface area (Å²) in [4.78, 5) is 28.5. The second-order valence-corrected chi connectivity index (χ2v) is 8.48. The van der Waals surface area contributed by atoms with Crippen molar-refractivity contribution in [3.8, 4) is 5.88 Å². The van der Waals surface area contributed by atoms with Gasteiger partial charge >= 0.3 is 23.8 Å². The van der Waals surface area contributed by atoms with Crippen molar-refractivity contribution in [2.24, 2.45) is 5.92 Å². The van der Waals surface area contributed by atoms with Gasteiger partial charge in [-0.2, -0.15) is 0 Å². The van der Waals surface area contributed by atoms with E-state index in [0.717, 1.165) is 18.4 Å². The topological polar surface area (TPSA) is 128 Å². The number of hydrogen-bond donors (Lipinski definition) is 2. The summed E-state index contributed by atoms with van der Waals surface area (Å²) in [6.45, 7) is 1.80. The van der Waals surface area contributed by atoms with Crippen molar-refractivity contribution in [1.82, 2.24) is 15.2 Å². The lowest BCUT2D eigenvalue weighted by Crippen LogP contribution is -2.28. The molecule has 1 aliphatic rings. The molecule has 1 aliphatic carbocycles. The monoisotopic (exact) mass is 503 g/mol. The van der Waals surface area contributed by atoms with E-state index >= 15 is 0 Å². The maximum absolute atomic E-state index is 13.3. The van der Waals surface area contributed by atoms with Gasteiger partial charge < -0.3 is 24.5 Å². The van der Waals surface area contributed by atoms with E-state index in [1.54, 1.807) is 13.0 Å². The number of hydrogen-bond acceptors (Lipinski definition) is 9. The van der Waals surface area contributed by atoms with E-state index in [4.69, 9.17) is 25.5 Å². The average Bonchev–Trinajstić information content (AvgIpc) is 3.32. The van der Waals surface area contributed by atoms with Crippen LogP contribution in [0.15, 0.2) is 34.9 Å². The van der Waals surface area contributed by atoms with Gasteiger partial charge in [0, 0.05) is 11.8 Å². The lowest BCUT2D eigenvalue weighted by molar-refractivity contribution is -0.147. The van der Waals surface area contributed by atoms with Crippen molar-refractivity contribution in [3.63, 3.8) is 0 Å². The van der Waals surface area contributed by atoms with Gasteiger partial charge in [0.05, 0.1) is 29.9 Å². The van der Waals surface area contributed by atoms with Crippen LogP contribution in [-0.4, -0.2) is 40.3 Å². The minimum atomic E-state index is -0.623. The summed E-state index contributed by atoms with van der Waals surface area (Å²) >= 11 is 5.75. The molecule has 1 amide bonds. The highest BCUT2D eigenvalue weighted by molar-refractivity contribution is 6.31. The second kappa shape index (κ2) is 10.7. The van der Waals surface area contributed by atoms with Gasteiger partial charge in [-0.1, -0.05) is 16.7 Å². The Labute approximate surface area is 205 Å². The van der Waals surface area contributed by atoms with Gasteiger partial charge in [0.15, 0.2) is 0 Å². The molecule has 4 rings (SSSR count). The van der Waals surface area contributed by atoms with Crippen LogP contribution in [0.4, 0.5) is 21.8 Å². The molecule has 0 radical (unpaired) electrons. The van der Waals surface area contributed by atoms with Crippen LogP contribution in [0.3, 0.4) is 0 Å². The molecule has 0 spiro atoms. The van der Waals surface area contributed by atoms with Crippen molar-refractivity contribution in [2.75, 3.05) is 17.7 Å². The van der Waals surface area contributed by atoms with Gasteiger partial charge in [0.25, 0.3) is 0 Å². The molecule has 1 saturated carbocycles. The Morgan fingerprint density at radius 1 is 1.17 bits per heavy atom. The normalized spacial score (nSPS) is 17.5. The fraction of sp³-hybridized carbons (Fsp3) is 0.348. The van der Waals surface area contributed by atoms with E-state index in [0.29, 0.717) is 30.1 Å². The number of carbonyl (C=O) groups is 2. The Balaban J connectivity index is 1.33. The first kappa shape index (κ1) is 24.4. The van der Waals surface area contributed by atoms with Crippen molar-refractivity contribution in [2.45, 2.75) is 38.7 Å².